The van der Waals surface area contributed by atoms with E-state index in [1.165, 1.54) is 16.0 Å². The number of ether oxygens (including phenoxy) is 1. The normalized spacial score (nSPS) is 23.6. The zero-order valence-corrected chi connectivity index (χ0v) is 22.7. The van der Waals surface area contributed by atoms with Crippen molar-refractivity contribution in [2.45, 2.75) is 64.4 Å². The third-order valence-corrected chi connectivity index (χ3v) is 11.5. The van der Waals surface area contributed by atoms with E-state index in [1.807, 2.05) is 6.92 Å². The first-order valence-corrected chi connectivity index (χ1v) is 14.6. The maximum atomic E-state index is 13.2. The maximum Gasteiger partial charge on any atom is 0.429 e. The van der Waals surface area contributed by atoms with Gasteiger partial charge in [0.1, 0.15) is 12.4 Å². The minimum atomic E-state index is -2.08. The first-order chi connectivity index (χ1) is 15.6. The van der Waals surface area contributed by atoms with Crippen LogP contribution in [0.2, 0.25) is 18.1 Å². The molecule has 11 heteroatoms. The van der Waals surface area contributed by atoms with Crippen molar-refractivity contribution < 1.29 is 28.3 Å². The number of amides is 4. The Hall–Kier alpha value is -2.40. The van der Waals surface area contributed by atoms with Gasteiger partial charge in [0.05, 0.1) is 31.0 Å². The van der Waals surface area contributed by atoms with E-state index in [-0.39, 0.29) is 55.0 Å². The molecule has 0 spiro atoms. The molecular weight excluding hydrogens is 456 g/mol. The monoisotopic (exact) mass is 496 g/mol. The first-order valence-electron chi connectivity index (χ1n) is 11.7. The van der Waals surface area contributed by atoms with Crippen LogP contribution in [0.15, 0.2) is 12.7 Å². The minimum Gasteiger partial charge on any atom is -0.444 e. The van der Waals surface area contributed by atoms with E-state index < -0.39 is 32.3 Å². The van der Waals surface area contributed by atoms with Gasteiger partial charge in [-0.3, -0.25) is 9.59 Å². The largest absolute Gasteiger partial charge is 0.444 e. The highest BCUT2D eigenvalue weighted by Crippen LogP contribution is 2.39. The average molecular weight is 497 g/mol. The van der Waals surface area contributed by atoms with Gasteiger partial charge in [-0.2, -0.15) is 0 Å². The number of ketones is 1. The van der Waals surface area contributed by atoms with Crippen LogP contribution >= 0.6 is 0 Å². The molecule has 0 aromatic rings. The SMILES string of the molecule is C=CCOC(=O)N1CC(C(=O)C[C@H]2NC(=O)[C@@H]2[C@@H](C)O[Si](C)(C)C(C)(C)C)CN1C(=O)N(C)C. The topological polar surface area (TPSA) is 108 Å². The molecule has 1 N–H and O–H groups in total. The number of hydrogen-bond donors (Lipinski definition) is 1. The van der Waals surface area contributed by atoms with Crippen LogP contribution in [0.4, 0.5) is 9.59 Å². The third kappa shape index (κ3) is 5.98. The number of nitrogens with zero attached hydrogens (tertiary/aromatic N) is 3. The van der Waals surface area contributed by atoms with Crippen molar-refractivity contribution in [3.8, 4) is 0 Å². The lowest BCUT2D eigenvalue weighted by atomic mass is 9.81. The van der Waals surface area contributed by atoms with Crippen LogP contribution in [0.5, 0.6) is 0 Å². The van der Waals surface area contributed by atoms with Crippen molar-refractivity contribution in [2.75, 3.05) is 33.8 Å². The second-order valence-electron chi connectivity index (χ2n) is 10.8. The summed E-state index contributed by atoms with van der Waals surface area (Å²) in [5.74, 6) is -1.22. The summed E-state index contributed by atoms with van der Waals surface area (Å²) in [5.41, 5.74) is 0. The van der Waals surface area contributed by atoms with Gasteiger partial charge in [0, 0.05) is 26.6 Å². The number of Topliss-reactive ketones (excluding diaryl/α,β-unsaturated/α-hetero) is 1. The summed E-state index contributed by atoms with van der Waals surface area (Å²) in [5, 5.41) is 5.23. The van der Waals surface area contributed by atoms with Crippen molar-refractivity contribution in [3.05, 3.63) is 12.7 Å². The van der Waals surface area contributed by atoms with Gasteiger partial charge in [-0.05, 0) is 25.1 Å². The van der Waals surface area contributed by atoms with Crippen molar-refractivity contribution in [3.63, 3.8) is 0 Å². The predicted molar refractivity (Wildman–Crippen MR) is 130 cm³/mol. The van der Waals surface area contributed by atoms with Crippen LogP contribution in [0.25, 0.3) is 0 Å². The lowest BCUT2D eigenvalue weighted by Gasteiger charge is -2.45. The Bertz CT molecular complexity index is 825. The average Bonchev–Trinajstić information content (AvgIpc) is 3.14. The molecule has 0 aromatic heterocycles. The van der Waals surface area contributed by atoms with Crippen molar-refractivity contribution in [1.82, 2.24) is 20.2 Å². The molecule has 4 atom stereocenters. The van der Waals surface area contributed by atoms with Crippen molar-refractivity contribution in [1.29, 1.82) is 0 Å². The molecule has 0 bridgehead atoms. The van der Waals surface area contributed by atoms with E-state index in [9.17, 15) is 19.2 Å². The smallest absolute Gasteiger partial charge is 0.429 e. The number of carbonyl (C=O) groups is 4. The van der Waals surface area contributed by atoms with Gasteiger partial charge in [-0.1, -0.05) is 33.4 Å². The molecule has 2 aliphatic rings. The Morgan fingerprint density at radius 3 is 2.32 bits per heavy atom. The van der Waals surface area contributed by atoms with Crippen LogP contribution in [0, 0.1) is 11.8 Å². The van der Waals surface area contributed by atoms with Gasteiger partial charge < -0.3 is 19.4 Å². The fourth-order valence-electron chi connectivity index (χ4n) is 3.94. The lowest BCUT2D eigenvalue weighted by molar-refractivity contribution is -0.141. The molecular formula is C23H40N4O6Si. The summed E-state index contributed by atoms with van der Waals surface area (Å²) in [6, 6.07) is -0.753. The van der Waals surface area contributed by atoms with Crippen LogP contribution in [0.3, 0.4) is 0 Å². The van der Waals surface area contributed by atoms with E-state index in [0.29, 0.717) is 0 Å². The zero-order valence-electron chi connectivity index (χ0n) is 21.7. The molecule has 192 valence electrons. The Kier molecular flexibility index (Phi) is 8.57. The molecule has 34 heavy (non-hydrogen) atoms. The second kappa shape index (κ2) is 10.5. The molecule has 0 radical (unpaired) electrons. The number of urea groups is 1. The number of nitrogens with one attached hydrogen (secondary N) is 1. The Morgan fingerprint density at radius 1 is 1.24 bits per heavy atom. The van der Waals surface area contributed by atoms with Crippen LogP contribution in [-0.2, 0) is 18.8 Å². The quantitative estimate of drug-likeness (QED) is 0.314. The summed E-state index contributed by atoms with van der Waals surface area (Å²) in [6.07, 6.45) is 0.525. The summed E-state index contributed by atoms with van der Waals surface area (Å²) < 4.78 is 11.5. The van der Waals surface area contributed by atoms with E-state index in [2.05, 4.69) is 45.8 Å². The highest BCUT2D eigenvalue weighted by molar-refractivity contribution is 6.74. The van der Waals surface area contributed by atoms with Crippen LogP contribution < -0.4 is 5.32 Å². The molecule has 2 fully saturated rings. The van der Waals surface area contributed by atoms with Gasteiger partial charge in [0.2, 0.25) is 5.91 Å². The number of β-lactam (4-membered cyclic amide) rings is 1. The molecule has 0 saturated carbocycles. The summed E-state index contributed by atoms with van der Waals surface area (Å²) in [6.45, 7) is 16.2. The first kappa shape index (κ1) is 27.8. The Balaban J connectivity index is 2.07. The zero-order chi connectivity index (χ0) is 26.0. The summed E-state index contributed by atoms with van der Waals surface area (Å²) in [7, 11) is 1.06. The molecule has 1 unspecified atom stereocenters. The van der Waals surface area contributed by atoms with Gasteiger partial charge in [0.25, 0.3) is 0 Å². The summed E-state index contributed by atoms with van der Waals surface area (Å²) >= 11 is 0. The number of hydrazine groups is 1. The molecule has 2 heterocycles. The fourth-order valence-corrected chi connectivity index (χ4v) is 5.37. The Morgan fingerprint density at radius 2 is 1.82 bits per heavy atom. The van der Waals surface area contributed by atoms with E-state index >= 15 is 0 Å². The van der Waals surface area contributed by atoms with Crippen LogP contribution in [-0.4, -0.2) is 93.0 Å². The molecule has 0 aromatic carbocycles. The van der Waals surface area contributed by atoms with E-state index in [0.717, 1.165) is 5.01 Å². The van der Waals surface area contributed by atoms with Crippen molar-refractivity contribution in [2.24, 2.45) is 11.8 Å². The van der Waals surface area contributed by atoms with Crippen molar-refractivity contribution >= 4 is 32.1 Å². The van der Waals surface area contributed by atoms with E-state index in [1.54, 1.807) is 14.1 Å². The molecule has 2 rings (SSSR count). The van der Waals surface area contributed by atoms with Gasteiger partial charge in [-0.25, -0.2) is 19.6 Å². The summed E-state index contributed by atoms with van der Waals surface area (Å²) in [4.78, 5) is 51.9. The lowest BCUT2D eigenvalue weighted by Crippen LogP contribution is -2.64. The van der Waals surface area contributed by atoms with Gasteiger partial charge in [0.15, 0.2) is 8.32 Å². The third-order valence-electron chi connectivity index (χ3n) is 6.95. The Labute approximate surface area is 203 Å². The number of rotatable bonds is 8. The maximum absolute atomic E-state index is 13.2. The predicted octanol–water partition coefficient (Wildman–Crippen LogP) is 2.62. The molecule has 2 saturated heterocycles. The van der Waals surface area contributed by atoms with Crippen LogP contribution in [0.1, 0.15) is 34.1 Å². The standard InChI is InChI=1S/C23H40N4O6Si/c1-10-11-32-22(31)27-14-16(13-26(27)21(30)25(6)7)18(28)12-17-19(20(29)24-17)15(2)33-34(8,9)23(3,4)5/h10,15-17,19H,1,11-14H2,2-9H3,(H,24,29)/t15-,16?,17-,19-/m1/s1. The molecule has 2 aliphatic heterocycles. The van der Waals surface area contributed by atoms with Gasteiger partial charge >= 0.3 is 12.1 Å². The number of carbonyl (C=O) groups excluding carboxylic acids is 4. The highest BCUT2D eigenvalue weighted by atomic mass is 28.4. The molecule has 4 amide bonds. The van der Waals surface area contributed by atoms with E-state index in [4.69, 9.17) is 9.16 Å². The van der Waals surface area contributed by atoms with Gasteiger partial charge in [-0.15, -0.1) is 0 Å². The molecule has 0 aliphatic carbocycles. The minimum absolute atomic E-state index is 0.000156. The number of hydrogen-bond acceptors (Lipinski definition) is 6. The second-order valence-corrected chi connectivity index (χ2v) is 15.6. The fraction of sp³-hybridized carbons (Fsp3) is 0.739. The highest BCUT2D eigenvalue weighted by Gasteiger charge is 2.49. The molecule has 10 nitrogen and oxygen atoms in total.